The lowest BCUT2D eigenvalue weighted by molar-refractivity contribution is 0.149. The molecule has 72 valence electrons. The van der Waals surface area contributed by atoms with Crippen LogP contribution >= 0.6 is 22.6 Å². The molecule has 2 nitrogen and oxygen atoms in total. The molecule has 1 heterocycles. The molecule has 0 aliphatic carbocycles. The fourth-order valence-electron chi connectivity index (χ4n) is 0.976. The molecule has 0 saturated carbocycles. The standard InChI is InChI=1S/C8H8F2INO/c1-4-5(8(9)10)2-6(11)7(3-13)12-4/h2,8,13H,3H2,1H3. The summed E-state index contributed by atoms with van der Waals surface area (Å²) in [6.45, 7) is 1.29. The molecular formula is C8H8F2INO. The number of aryl methyl sites for hydroxylation is 1. The zero-order valence-electron chi connectivity index (χ0n) is 6.89. The van der Waals surface area contributed by atoms with Gasteiger partial charge in [-0.3, -0.25) is 4.98 Å². The van der Waals surface area contributed by atoms with Crippen LogP contribution < -0.4 is 0 Å². The van der Waals surface area contributed by atoms with E-state index < -0.39 is 6.43 Å². The fraction of sp³-hybridized carbons (Fsp3) is 0.375. The number of aliphatic hydroxyl groups is 1. The Kier molecular flexibility index (Phi) is 3.55. The van der Waals surface area contributed by atoms with E-state index in [1.54, 1.807) is 0 Å². The maximum Gasteiger partial charge on any atom is 0.265 e. The molecule has 13 heavy (non-hydrogen) atoms. The van der Waals surface area contributed by atoms with Crippen LogP contribution in [0.25, 0.3) is 0 Å². The van der Waals surface area contributed by atoms with Gasteiger partial charge >= 0.3 is 0 Å². The molecule has 1 rings (SSSR count). The first-order valence-electron chi connectivity index (χ1n) is 3.61. The zero-order chi connectivity index (χ0) is 10.0. The van der Waals surface area contributed by atoms with Crippen LogP contribution in [0.1, 0.15) is 23.4 Å². The first-order chi connectivity index (χ1) is 6.06. The minimum atomic E-state index is -2.51. The van der Waals surface area contributed by atoms with Gasteiger partial charge in [0.15, 0.2) is 0 Å². The van der Waals surface area contributed by atoms with E-state index in [0.717, 1.165) is 0 Å². The Morgan fingerprint density at radius 2 is 2.23 bits per heavy atom. The van der Waals surface area contributed by atoms with Crippen LogP contribution in [0.4, 0.5) is 8.78 Å². The largest absolute Gasteiger partial charge is 0.390 e. The average Bonchev–Trinajstić information content (AvgIpc) is 2.07. The molecule has 0 aliphatic heterocycles. The monoisotopic (exact) mass is 299 g/mol. The SMILES string of the molecule is Cc1nc(CO)c(I)cc1C(F)F. The lowest BCUT2D eigenvalue weighted by atomic mass is 10.2. The van der Waals surface area contributed by atoms with E-state index in [-0.39, 0.29) is 17.9 Å². The van der Waals surface area contributed by atoms with Crippen molar-refractivity contribution in [3.63, 3.8) is 0 Å². The molecule has 0 radical (unpaired) electrons. The van der Waals surface area contributed by atoms with Gasteiger partial charge in [-0.05, 0) is 35.6 Å². The summed E-state index contributed by atoms with van der Waals surface area (Å²) < 4.78 is 25.2. The Morgan fingerprint density at radius 3 is 2.69 bits per heavy atom. The lowest BCUT2D eigenvalue weighted by Gasteiger charge is -2.07. The molecule has 0 unspecified atom stereocenters. The van der Waals surface area contributed by atoms with Crippen molar-refractivity contribution in [3.05, 3.63) is 26.6 Å². The van der Waals surface area contributed by atoms with Gasteiger partial charge in [-0.2, -0.15) is 0 Å². The Bertz CT molecular complexity index is 317. The maximum absolute atomic E-state index is 12.3. The van der Waals surface area contributed by atoms with Gasteiger partial charge in [-0.1, -0.05) is 0 Å². The maximum atomic E-state index is 12.3. The van der Waals surface area contributed by atoms with Crippen molar-refractivity contribution in [3.8, 4) is 0 Å². The van der Waals surface area contributed by atoms with Gasteiger partial charge < -0.3 is 5.11 Å². The molecule has 0 aromatic carbocycles. The highest BCUT2D eigenvalue weighted by molar-refractivity contribution is 14.1. The second kappa shape index (κ2) is 4.28. The number of aromatic nitrogens is 1. The van der Waals surface area contributed by atoms with Crippen LogP contribution in [0.5, 0.6) is 0 Å². The highest BCUT2D eigenvalue weighted by Crippen LogP contribution is 2.24. The smallest absolute Gasteiger partial charge is 0.265 e. The van der Waals surface area contributed by atoms with E-state index in [9.17, 15) is 8.78 Å². The van der Waals surface area contributed by atoms with Crippen LogP contribution in [0.3, 0.4) is 0 Å². The van der Waals surface area contributed by atoms with E-state index >= 15 is 0 Å². The minimum absolute atomic E-state index is 0.0680. The number of aliphatic hydroxyl groups excluding tert-OH is 1. The number of hydrogen-bond donors (Lipinski definition) is 1. The average molecular weight is 299 g/mol. The minimum Gasteiger partial charge on any atom is -0.390 e. The second-order valence-corrected chi connectivity index (χ2v) is 3.71. The fourth-order valence-corrected chi connectivity index (χ4v) is 1.60. The third kappa shape index (κ3) is 2.34. The van der Waals surface area contributed by atoms with Crippen molar-refractivity contribution >= 4 is 22.6 Å². The number of alkyl halides is 2. The van der Waals surface area contributed by atoms with Gasteiger partial charge in [0.2, 0.25) is 0 Å². The number of pyridine rings is 1. The van der Waals surface area contributed by atoms with E-state index in [1.165, 1.54) is 13.0 Å². The number of hydrogen-bond acceptors (Lipinski definition) is 2. The summed E-state index contributed by atoms with van der Waals surface area (Å²) in [4.78, 5) is 3.87. The summed E-state index contributed by atoms with van der Waals surface area (Å²) in [5.74, 6) is 0. The van der Waals surface area contributed by atoms with E-state index in [1.807, 2.05) is 22.6 Å². The first-order valence-corrected chi connectivity index (χ1v) is 4.69. The molecule has 0 spiro atoms. The van der Waals surface area contributed by atoms with Crippen LogP contribution in [-0.2, 0) is 6.61 Å². The van der Waals surface area contributed by atoms with Gasteiger partial charge in [0.1, 0.15) is 0 Å². The summed E-state index contributed by atoms with van der Waals surface area (Å²) >= 11 is 1.88. The molecule has 1 N–H and O–H groups in total. The molecule has 0 fully saturated rings. The van der Waals surface area contributed by atoms with Gasteiger partial charge in [-0.25, -0.2) is 8.78 Å². The van der Waals surface area contributed by atoms with Gasteiger partial charge in [0.25, 0.3) is 6.43 Å². The molecule has 0 aliphatic rings. The van der Waals surface area contributed by atoms with Crippen LogP contribution in [0, 0.1) is 10.5 Å². The normalized spacial score (nSPS) is 10.9. The molecule has 0 amide bonds. The molecule has 1 aromatic rings. The summed E-state index contributed by atoms with van der Waals surface area (Å²) in [7, 11) is 0. The summed E-state index contributed by atoms with van der Waals surface area (Å²) in [6, 6.07) is 1.36. The van der Waals surface area contributed by atoms with E-state index in [4.69, 9.17) is 5.11 Å². The molecule has 0 saturated heterocycles. The molecule has 0 atom stereocenters. The van der Waals surface area contributed by atoms with Crippen molar-refractivity contribution in [1.82, 2.24) is 4.98 Å². The Labute approximate surface area is 88.1 Å². The Hall–Kier alpha value is -0.300. The van der Waals surface area contributed by atoms with Crippen molar-refractivity contribution in [2.45, 2.75) is 20.0 Å². The summed E-state index contributed by atoms with van der Waals surface area (Å²) in [6.07, 6.45) is -2.51. The predicted octanol–water partition coefficient (Wildman–Crippen LogP) is 2.42. The van der Waals surface area contributed by atoms with Crippen LogP contribution in [0.15, 0.2) is 6.07 Å². The molecule has 5 heteroatoms. The van der Waals surface area contributed by atoms with Gasteiger partial charge in [0, 0.05) is 14.8 Å². The number of nitrogens with zero attached hydrogens (tertiary/aromatic N) is 1. The van der Waals surface area contributed by atoms with Crippen LogP contribution in [-0.4, -0.2) is 10.1 Å². The topological polar surface area (TPSA) is 33.1 Å². The zero-order valence-corrected chi connectivity index (χ0v) is 9.05. The van der Waals surface area contributed by atoms with Crippen LogP contribution in [0.2, 0.25) is 0 Å². The third-order valence-corrected chi connectivity index (χ3v) is 2.60. The summed E-state index contributed by atoms with van der Waals surface area (Å²) in [5.41, 5.74) is 0.656. The molecule has 1 aromatic heterocycles. The van der Waals surface area contributed by atoms with Crippen molar-refractivity contribution < 1.29 is 13.9 Å². The van der Waals surface area contributed by atoms with E-state index in [2.05, 4.69) is 4.98 Å². The lowest BCUT2D eigenvalue weighted by Crippen LogP contribution is -2.01. The first kappa shape index (κ1) is 10.8. The quantitative estimate of drug-likeness (QED) is 0.851. The second-order valence-electron chi connectivity index (χ2n) is 2.55. The predicted molar refractivity (Wildman–Crippen MR) is 52.6 cm³/mol. The molecule has 0 bridgehead atoms. The number of halogens is 3. The number of rotatable bonds is 2. The highest BCUT2D eigenvalue weighted by Gasteiger charge is 2.14. The molecular weight excluding hydrogens is 291 g/mol. The Morgan fingerprint density at radius 1 is 1.62 bits per heavy atom. The third-order valence-electron chi connectivity index (χ3n) is 1.66. The van der Waals surface area contributed by atoms with Gasteiger partial charge in [-0.15, -0.1) is 0 Å². The van der Waals surface area contributed by atoms with E-state index in [0.29, 0.717) is 9.26 Å². The Balaban J connectivity index is 3.20. The van der Waals surface area contributed by atoms with Crippen molar-refractivity contribution in [1.29, 1.82) is 0 Å². The van der Waals surface area contributed by atoms with Crippen molar-refractivity contribution in [2.75, 3.05) is 0 Å². The summed E-state index contributed by atoms with van der Waals surface area (Å²) in [5, 5.41) is 8.82. The van der Waals surface area contributed by atoms with Crippen molar-refractivity contribution in [2.24, 2.45) is 0 Å². The highest BCUT2D eigenvalue weighted by atomic mass is 127. The van der Waals surface area contributed by atoms with Gasteiger partial charge in [0.05, 0.1) is 12.3 Å².